The molecule has 3 heterocycles. The molecule has 2 aromatic heterocycles. The van der Waals surface area contributed by atoms with E-state index >= 15 is 0 Å². The molecule has 6 nitrogen and oxygen atoms in total. The largest absolute Gasteiger partial charge is 0.370 e. The molecule has 0 spiro atoms. The van der Waals surface area contributed by atoms with Crippen molar-refractivity contribution in [3.8, 4) is 33.8 Å². The van der Waals surface area contributed by atoms with E-state index in [1.54, 1.807) is 29.8 Å². The molecule has 0 amide bonds. The van der Waals surface area contributed by atoms with Crippen LogP contribution in [0.1, 0.15) is 11.7 Å². The van der Waals surface area contributed by atoms with Crippen molar-refractivity contribution in [1.29, 1.82) is 0 Å². The van der Waals surface area contributed by atoms with Gasteiger partial charge >= 0.3 is 0 Å². The molecule has 5 aromatic rings. The summed E-state index contributed by atoms with van der Waals surface area (Å²) in [6, 6.07) is 31.8. The second kappa shape index (κ2) is 10.6. The minimum atomic E-state index is -0.287. The number of nitrogens with zero attached hydrogens (tertiary/aromatic N) is 4. The normalized spacial score (nSPS) is 15.3. The summed E-state index contributed by atoms with van der Waals surface area (Å²) in [5.41, 5.74) is 5.69. The van der Waals surface area contributed by atoms with E-state index in [2.05, 4.69) is 4.90 Å². The van der Waals surface area contributed by atoms with Gasteiger partial charge in [0.05, 0.1) is 30.2 Å². The van der Waals surface area contributed by atoms with Crippen LogP contribution in [0.25, 0.3) is 33.8 Å². The fourth-order valence-corrected chi connectivity index (χ4v) is 4.86. The lowest BCUT2D eigenvalue weighted by Crippen LogP contribution is -2.41. The Morgan fingerprint density at radius 3 is 1.97 bits per heavy atom. The van der Waals surface area contributed by atoms with Crippen LogP contribution in [0.2, 0.25) is 0 Å². The summed E-state index contributed by atoms with van der Waals surface area (Å²) in [6.45, 7) is 1.55. The third-order valence-electron chi connectivity index (χ3n) is 6.96. The fourth-order valence-electron chi connectivity index (χ4n) is 4.86. The van der Waals surface area contributed by atoms with Crippen molar-refractivity contribution in [3.05, 3.63) is 125 Å². The second-order valence-corrected chi connectivity index (χ2v) is 9.55. The van der Waals surface area contributed by atoms with Gasteiger partial charge in [0.2, 0.25) is 5.95 Å². The summed E-state index contributed by atoms with van der Waals surface area (Å²) in [5, 5.41) is 0. The highest BCUT2D eigenvalue weighted by atomic mass is 19.1. The van der Waals surface area contributed by atoms with E-state index in [9.17, 15) is 9.18 Å². The van der Waals surface area contributed by atoms with Crippen molar-refractivity contribution in [2.75, 3.05) is 24.6 Å². The van der Waals surface area contributed by atoms with Crippen LogP contribution in [0.5, 0.6) is 0 Å². The minimum absolute atomic E-state index is 0.154. The standard InChI is InChI=1S/C32H27FN4O2/c1-36-31(38)20-29(35-32(36)37-16-17-39-30(21-37)24-12-14-26(33)15-13-24)25-18-27(22-8-4-2-5-9-22)34-28(19-25)23-10-6-3-7-11-23/h2-15,18-20,30H,16-17,21H2,1H3/t30-/m1/s1. The van der Waals surface area contributed by atoms with Gasteiger partial charge in [-0.2, -0.15) is 0 Å². The summed E-state index contributed by atoms with van der Waals surface area (Å²) in [6.07, 6.45) is -0.254. The second-order valence-electron chi connectivity index (χ2n) is 9.55. The smallest absolute Gasteiger partial charge is 0.255 e. The first-order valence-corrected chi connectivity index (χ1v) is 12.9. The van der Waals surface area contributed by atoms with Crippen LogP contribution < -0.4 is 10.5 Å². The van der Waals surface area contributed by atoms with Crippen LogP contribution in [-0.4, -0.2) is 34.2 Å². The van der Waals surface area contributed by atoms with E-state index in [-0.39, 0.29) is 17.5 Å². The van der Waals surface area contributed by atoms with Gasteiger partial charge in [0, 0.05) is 36.3 Å². The minimum Gasteiger partial charge on any atom is -0.370 e. The van der Waals surface area contributed by atoms with Gasteiger partial charge in [0.15, 0.2) is 0 Å². The maximum atomic E-state index is 13.5. The Hall–Kier alpha value is -4.62. The molecule has 1 atom stereocenters. The number of benzene rings is 3. The Kier molecular flexibility index (Phi) is 6.73. The molecule has 0 bridgehead atoms. The summed E-state index contributed by atoms with van der Waals surface area (Å²) in [7, 11) is 1.73. The van der Waals surface area contributed by atoms with E-state index < -0.39 is 0 Å². The van der Waals surface area contributed by atoms with Gasteiger partial charge < -0.3 is 9.64 Å². The van der Waals surface area contributed by atoms with E-state index in [4.69, 9.17) is 14.7 Å². The van der Waals surface area contributed by atoms with Crippen LogP contribution in [0, 0.1) is 5.82 Å². The summed E-state index contributed by atoms with van der Waals surface area (Å²) in [5.74, 6) is 0.275. The van der Waals surface area contributed by atoms with E-state index in [1.165, 1.54) is 12.1 Å². The van der Waals surface area contributed by atoms with E-state index in [0.29, 0.717) is 31.3 Å². The Morgan fingerprint density at radius 1 is 0.769 bits per heavy atom. The summed E-state index contributed by atoms with van der Waals surface area (Å²) < 4.78 is 21.0. The van der Waals surface area contributed by atoms with Crippen molar-refractivity contribution < 1.29 is 9.13 Å². The average molecular weight is 519 g/mol. The monoisotopic (exact) mass is 518 g/mol. The van der Waals surface area contributed by atoms with Crippen molar-refractivity contribution >= 4 is 5.95 Å². The van der Waals surface area contributed by atoms with Gasteiger partial charge in [-0.15, -0.1) is 0 Å². The molecular formula is C32H27FN4O2. The Morgan fingerprint density at radius 2 is 1.36 bits per heavy atom. The SMILES string of the molecule is Cn1c(N2CCO[C@@H](c3ccc(F)cc3)C2)nc(-c2cc(-c3ccccc3)nc(-c3ccccc3)c2)cc1=O. The Bertz CT molecular complexity index is 1600. The number of rotatable bonds is 5. The van der Waals surface area contributed by atoms with Crippen LogP contribution in [0.3, 0.4) is 0 Å². The third kappa shape index (κ3) is 5.22. The predicted octanol–water partition coefficient (Wildman–Crippen LogP) is 5.89. The highest BCUT2D eigenvalue weighted by Gasteiger charge is 2.25. The maximum Gasteiger partial charge on any atom is 0.255 e. The molecular weight excluding hydrogens is 491 g/mol. The summed E-state index contributed by atoms with van der Waals surface area (Å²) in [4.78, 5) is 25.2. The Balaban J connectivity index is 1.42. The van der Waals surface area contributed by atoms with E-state index in [1.807, 2.05) is 72.8 Å². The first kappa shape index (κ1) is 24.7. The van der Waals surface area contributed by atoms with Crippen LogP contribution in [0.4, 0.5) is 10.3 Å². The van der Waals surface area contributed by atoms with Crippen LogP contribution in [0.15, 0.2) is 108 Å². The zero-order valence-electron chi connectivity index (χ0n) is 21.5. The maximum absolute atomic E-state index is 13.5. The zero-order valence-corrected chi connectivity index (χ0v) is 21.5. The van der Waals surface area contributed by atoms with Gasteiger partial charge in [-0.3, -0.25) is 9.36 Å². The molecule has 1 saturated heterocycles. The number of hydrogen-bond acceptors (Lipinski definition) is 5. The molecule has 0 aliphatic carbocycles. The molecule has 1 fully saturated rings. The van der Waals surface area contributed by atoms with Crippen molar-refractivity contribution in [3.63, 3.8) is 0 Å². The van der Waals surface area contributed by atoms with Crippen molar-refractivity contribution in [1.82, 2.24) is 14.5 Å². The van der Waals surface area contributed by atoms with Gasteiger partial charge in [0.25, 0.3) is 5.56 Å². The molecule has 1 aliphatic rings. The quantitative estimate of drug-likeness (QED) is 0.290. The predicted molar refractivity (Wildman–Crippen MR) is 151 cm³/mol. The van der Waals surface area contributed by atoms with Gasteiger partial charge in [-0.25, -0.2) is 14.4 Å². The number of aromatic nitrogens is 3. The number of morpholine rings is 1. The zero-order chi connectivity index (χ0) is 26.8. The number of anilines is 1. The number of halogens is 1. The van der Waals surface area contributed by atoms with Gasteiger partial charge in [0.1, 0.15) is 11.9 Å². The van der Waals surface area contributed by atoms with Crippen LogP contribution >= 0.6 is 0 Å². The molecule has 0 radical (unpaired) electrons. The summed E-state index contributed by atoms with van der Waals surface area (Å²) >= 11 is 0. The fraction of sp³-hybridized carbons (Fsp3) is 0.156. The number of hydrogen-bond donors (Lipinski definition) is 0. The van der Waals surface area contributed by atoms with Crippen LogP contribution in [-0.2, 0) is 11.8 Å². The molecule has 0 saturated carbocycles. The first-order valence-electron chi connectivity index (χ1n) is 12.9. The van der Waals surface area contributed by atoms with Crippen molar-refractivity contribution in [2.45, 2.75) is 6.10 Å². The highest BCUT2D eigenvalue weighted by molar-refractivity contribution is 5.75. The number of ether oxygens (including phenoxy) is 1. The molecule has 3 aromatic carbocycles. The lowest BCUT2D eigenvalue weighted by molar-refractivity contribution is 0.0389. The topological polar surface area (TPSA) is 60.2 Å². The van der Waals surface area contributed by atoms with Gasteiger partial charge in [-0.1, -0.05) is 72.8 Å². The first-order chi connectivity index (χ1) is 19.0. The van der Waals surface area contributed by atoms with Gasteiger partial charge in [-0.05, 0) is 29.8 Å². The lowest BCUT2D eigenvalue weighted by atomic mass is 10.0. The van der Waals surface area contributed by atoms with Crippen molar-refractivity contribution in [2.24, 2.45) is 7.05 Å². The molecule has 0 N–H and O–H groups in total. The molecule has 1 aliphatic heterocycles. The Labute approximate surface area is 226 Å². The molecule has 0 unspecified atom stereocenters. The third-order valence-corrected chi connectivity index (χ3v) is 6.96. The molecule has 6 rings (SSSR count). The molecule has 194 valence electrons. The molecule has 39 heavy (non-hydrogen) atoms. The van der Waals surface area contributed by atoms with E-state index in [0.717, 1.165) is 33.6 Å². The average Bonchev–Trinajstić information content (AvgIpc) is 2.99. The highest BCUT2D eigenvalue weighted by Crippen LogP contribution is 2.31. The number of pyridine rings is 1. The molecule has 7 heteroatoms. The lowest BCUT2D eigenvalue weighted by Gasteiger charge is -2.34.